The molecular weight excluding hydrogens is 388 g/mol. The fourth-order valence-electron chi connectivity index (χ4n) is 2.29. The van der Waals surface area contributed by atoms with E-state index in [1.54, 1.807) is 49.6 Å². The largest absolute Gasteiger partial charge is 0.493 e. The molecule has 2 aromatic carbocycles. The number of carbonyl (C=O) groups excluding carboxylic acids is 1. The Morgan fingerprint density at radius 2 is 1.86 bits per heavy atom. The van der Waals surface area contributed by atoms with E-state index in [0.29, 0.717) is 33.7 Å². The topological polar surface area (TPSA) is 92.9 Å². The Bertz CT molecular complexity index is 959. The van der Waals surface area contributed by atoms with Gasteiger partial charge in [0.2, 0.25) is 5.82 Å². The fourth-order valence-corrected chi connectivity index (χ4v) is 2.48. The maximum Gasteiger partial charge on any atom is 0.344 e. The van der Waals surface area contributed by atoms with Gasteiger partial charge in [-0.15, -0.1) is 0 Å². The molecule has 146 valence electrons. The highest BCUT2D eigenvalue weighted by molar-refractivity contribution is 6.32. The molecule has 0 aliphatic carbocycles. The van der Waals surface area contributed by atoms with Gasteiger partial charge in [0.15, 0.2) is 24.7 Å². The normalized spacial score (nSPS) is 10.4. The number of para-hydroxylation sites is 1. The lowest BCUT2D eigenvalue weighted by Gasteiger charge is -2.07. The lowest BCUT2D eigenvalue weighted by molar-refractivity contribution is -0.148. The molecule has 1 aromatic heterocycles. The van der Waals surface area contributed by atoms with Crippen molar-refractivity contribution in [2.75, 3.05) is 20.8 Å². The van der Waals surface area contributed by atoms with Crippen molar-refractivity contribution >= 4 is 17.6 Å². The van der Waals surface area contributed by atoms with Crippen LogP contribution in [-0.2, 0) is 16.1 Å². The number of aromatic nitrogens is 2. The summed E-state index contributed by atoms with van der Waals surface area (Å²) in [5, 5.41) is 4.29. The van der Waals surface area contributed by atoms with E-state index < -0.39 is 5.97 Å². The average molecular weight is 405 g/mol. The van der Waals surface area contributed by atoms with Crippen LogP contribution in [0.25, 0.3) is 11.4 Å². The Balaban J connectivity index is 1.56. The number of methoxy groups -OCH3 is 2. The molecule has 0 saturated carbocycles. The molecule has 0 bridgehead atoms. The molecule has 8 nitrogen and oxygen atoms in total. The van der Waals surface area contributed by atoms with E-state index in [0.717, 1.165) is 0 Å². The second-order valence-electron chi connectivity index (χ2n) is 5.46. The van der Waals surface area contributed by atoms with E-state index in [2.05, 4.69) is 10.1 Å². The highest BCUT2D eigenvalue weighted by Gasteiger charge is 2.14. The second kappa shape index (κ2) is 9.09. The minimum Gasteiger partial charge on any atom is -0.493 e. The molecule has 3 aromatic rings. The van der Waals surface area contributed by atoms with Crippen LogP contribution in [0, 0.1) is 0 Å². The zero-order chi connectivity index (χ0) is 19.9. The maximum atomic E-state index is 11.8. The van der Waals surface area contributed by atoms with E-state index in [-0.39, 0.29) is 19.1 Å². The van der Waals surface area contributed by atoms with Crippen LogP contribution >= 0.6 is 11.6 Å². The van der Waals surface area contributed by atoms with Gasteiger partial charge in [0.05, 0.1) is 19.2 Å². The number of benzene rings is 2. The number of rotatable bonds is 8. The number of hydrogen-bond donors (Lipinski definition) is 0. The van der Waals surface area contributed by atoms with Crippen molar-refractivity contribution in [3.63, 3.8) is 0 Å². The molecule has 3 rings (SSSR count). The Morgan fingerprint density at radius 3 is 2.61 bits per heavy atom. The summed E-state index contributed by atoms with van der Waals surface area (Å²) >= 11 is 5.96. The molecule has 0 spiro atoms. The highest BCUT2D eigenvalue weighted by atomic mass is 35.5. The fraction of sp³-hybridized carbons (Fsp3) is 0.211. The van der Waals surface area contributed by atoms with Gasteiger partial charge in [0, 0.05) is 5.56 Å². The van der Waals surface area contributed by atoms with Crippen LogP contribution in [0.1, 0.15) is 5.89 Å². The Morgan fingerprint density at radius 1 is 1.07 bits per heavy atom. The SMILES string of the molecule is COc1ccc(-c2noc(COC(=O)COc3ccccc3Cl)n2)cc1OC. The summed E-state index contributed by atoms with van der Waals surface area (Å²) < 4.78 is 25.9. The molecule has 0 N–H and O–H groups in total. The molecule has 0 atom stereocenters. The summed E-state index contributed by atoms with van der Waals surface area (Å²) in [6, 6.07) is 12.0. The zero-order valence-corrected chi connectivity index (χ0v) is 15.9. The number of carbonyl (C=O) groups is 1. The van der Waals surface area contributed by atoms with Gasteiger partial charge in [-0.25, -0.2) is 4.79 Å². The molecular formula is C19H17ClN2O6. The quantitative estimate of drug-likeness (QED) is 0.526. The molecule has 1 heterocycles. The van der Waals surface area contributed by atoms with Crippen LogP contribution in [0.5, 0.6) is 17.2 Å². The zero-order valence-electron chi connectivity index (χ0n) is 15.2. The molecule has 28 heavy (non-hydrogen) atoms. The third kappa shape index (κ3) is 4.72. The highest BCUT2D eigenvalue weighted by Crippen LogP contribution is 2.31. The third-order valence-electron chi connectivity index (χ3n) is 3.65. The van der Waals surface area contributed by atoms with Crippen LogP contribution in [0.15, 0.2) is 47.0 Å². The van der Waals surface area contributed by atoms with Gasteiger partial charge in [0.25, 0.3) is 5.89 Å². The van der Waals surface area contributed by atoms with Crippen molar-refractivity contribution in [2.24, 2.45) is 0 Å². The first kappa shape index (κ1) is 19.5. The third-order valence-corrected chi connectivity index (χ3v) is 3.96. The molecule has 0 aliphatic rings. The lowest BCUT2D eigenvalue weighted by atomic mass is 10.2. The summed E-state index contributed by atoms with van der Waals surface area (Å²) in [5.41, 5.74) is 0.668. The molecule has 0 fully saturated rings. The predicted molar refractivity (Wildman–Crippen MR) is 99.6 cm³/mol. The van der Waals surface area contributed by atoms with Crippen molar-refractivity contribution in [1.29, 1.82) is 0 Å². The van der Waals surface area contributed by atoms with Crippen molar-refractivity contribution in [2.45, 2.75) is 6.61 Å². The molecule has 0 saturated heterocycles. The van der Waals surface area contributed by atoms with Gasteiger partial charge >= 0.3 is 5.97 Å². The van der Waals surface area contributed by atoms with Crippen molar-refractivity contribution in [3.05, 3.63) is 53.4 Å². The number of esters is 1. The molecule has 9 heteroatoms. The Kier molecular flexibility index (Phi) is 6.33. The van der Waals surface area contributed by atoms with E-state index >= 15 is 0 Å². The van der Waals surface area contributed by atoms with Gasteiger partial charge in [-0.3, -0.25) is 0 Å². The minimum atomic E-state index is -0.592. The van der Waals surface area contributed by atoms with Crippen LogP contribution < -0.4 is 14.2 Å². The van der Waals surface area contributed by atoms with Gasteiger partial charge < -0.3 is 23.5 Å². The van der Waals surface area contributed by atoms with Gasteiger partial charge in [-0.2, -0.15) is 4.98 Å². The lowest BCUT2D eigenvalue weighted by Crippen LogP contribution is -2.15. The monoisotopic (exact) mass is 404 g/mol. The van der Waals surface area contributed by atoms with Crippen molar-refractivity contribution < 1.29 is 28.3 Å². The molecule has 0 amide bonds. The number of nitrogens with zero attached hydrogens (tertiary/aromatic N) is 2. The van der Waals surface area contributed by atoms with Gasteiger partial charge in [-0.05, 0) is 30.3 Å². The molecule has 0 radical (unpaired) electrons. The standard InChI is InChI=1S/C19H17ClN2O6/c1-24-15-8-7-12(9-16(15)25-2)19-21-17(28-22-19)10-27-18(23)11-26-14-6-4-3-5-13(14)20/h3-9H,10-11H2,1-2H3. The van der Waals surface area contributed by atoms with Crippen LogP contribution in [0.2, 0.25) is 5.02 Å². The smallest absolute Gasteiger partial charge is 0.344 e. The van der Waals surface area contributed by atoms with Crippen LogP contribution in [0.4, 0.5) is 0 Å². The summed E-state index contributed by atoms with van der Waals surface area (Å²) in [7, 11) is 3.08. The Hall–Kier alpha value is -3.26. The first-order valence-electron chi connectivity index (χ1n) is 8.18. The van der Waals surface area contributed by atoms with E-state index in [9.17, 15) is 4.79 Å². The molecule has 0 aliphatic heterocycles. The predicted octanol–water partition coefficient (Wildman–Crippen LogP) is 3.53. The van der Waals surface area contributed by atoms with E-state index in [4.69, 9.17) is 35.1 Å². The first-order chi connectivity index (χ1) is 13.6. The maximum absolute atomic E-state index is 11.8. The van der Waals surface area contributed by atoms with E-state index in [1.807, 2.05) is 0 Å². The van der Waals surface area contributed by atoms with Crippen molar-refractivity contribution in [1.82, 2.24) is 10.1 Å². The Labute approximate surface area is 165 Å². The number of hydrogen-bond acceptors (Lipinski definition) is 8. The van der Waals surface area contributed by atoms with E-state index in [1.165, 1.54) is 7.11 Å². The summed E-state index contributed by atoms with van der Waals surface area (Å²) in [5.74, 6) is 1.41. The van der Waals surface area contributed by atoms with Gasteiger partial charge in [-0.1, -0.05) is 28.9 Å². The first-order valence-corrected chi connectivity index (χ1v) is 8.56. The minimum absolute atomic E-state index is 0.149. The van der Waals surface area contributed by atoms with Crippen LogP contribution in [0.3, 0.4) is 0 Å². The van der Waals surface area contributed by atoms with Crippen LogP contribution in [-0.4, -0.2) is 36.9 Å². The summed E-state index contributed by atoms with van der Waals surface area (Å²) in [4.78, 5) is 16.0. The second-order valence-corrected chi connectivity index (χ2v) is 5.87. The van der Waals surface area contributed by atoms with Crippen molar-refractivity contribution in [3.8, 4) is 28.6 Å². The average Bonchev–Trinajstić information content (AvgIpc) is 3.20. The summed E-state index contributed by atoms with van der Waals surface area (Å²) in [6.45, 7) is -0.467. The van der Waals surface area contributed by atoms with Gasteiger partial charge in [0.1, 0.15) is 5.75 Å². The molecule has 0 unspecified atom stereocenters. The number of ether oxygens (including phenoxy) is 4. The number of halogens is 1. The summed E-state index contributed by atoms with van der Waals surface area (Å²) in [6.07, 6.45) is 0.